The van der Waals surface area contributed by atoms with E-state index >= 15 is 0 Å². The minimum Gasteiger partial charge on any atom is -0.456 e. The normalized spacial score (nSPS) is 29.8. The van der Waals surface area contributed by atoms with E-state index in [0.717, 1.165) is 18.2 Å². The van der Waals surface area contributed by atoms with Crippen molar-refractivity contribution in [2.24, 2.45) is 0 Å². The average Bonchev–Trinajstić information content (AvgIpc) is 2.59. The summed E-state index contributed by atoms with van der Waals surface area (Å²) < 4.78 is 43.2. The Kier molecular flexibility index (Phi) is 4.71. The van der Waals surface area contributed by atoms with Gasteiger partial charge < -0.3 is 34.3 Å². The number of aliphatic hydroxyl groups is 4. The van der Waals surface area contributed by atoms with Crippen molar-refractivity contribution in [3.8, 4) is 5.75 Å². The van der Waals surface area contributed by atoms with Crippen LogP contribution in [0.4, 0.5) is 8.78 Å². The van der Waals surface area contributed by atoms with Gasteiger partial charge in [-0.05, 0) is 12.1 Å². The van der Waals surface area contributed by atoms with E-state index in [1.807, 2.05) is 0 Å². The minimum absolute atomic E-state index is 0.0317. The van der Waals surface area contributed by atoms with Crippen LogP contribution in [0.1, 0.15) is 0 Å². The maximum absolute atomic E-state index is 14.4. The predicted octanol–water partition coefficient (Wildman–Crippen LogP) is -0.750. The molecule has 0 amide bonds. The molecule has 10 heteroatoms. The van der Waals surface area contributed by atoms with Gasteiger partial charge in [0.2, 0.25) is 12.1 Å². The third-order valence-corrected chi connectivity index (χ3v) is 3.84. The van der Waals surface area contributed by atoms with Crippen LogP contribution in [0.15, 0.2) is 27.4 Å². The molecule has 5 atom stereocenters. The van der Waals surface area contributed by atoms with Crippen LogP contribution in [-0.2, 0) is 4.74 Å². The zero-order valence-electron chi connectivity index (χ0n) is 12.5. The van der Waals surface area contributed by atoms with E-state index in [-0.39, 0.29) is 5.39 Å². The molecule has 1 aromatic carbocycles. The number of benzene rings is 1. The maximum atomic E-state index is 14.4. The van der Waals surface area contributed by atoms with Gasteiger partial charge in [-0.2, -0.15) is 4.39 Å². The van der Waals surface area contributed by atoms with Crippen molar-refractivity contribution in [1.29, 1.82) is 0 Å². The molecule has 1 aliphatic heterocycles. The van der Waals surface area contributed by atoms with Crippen molar-refractivity contribution < 1.29 is 43.1 Å². The van der Waals surface area contributed by atoms with Crippen LogP contribution < -0.4 is 10.4 Å². The largest absolute Gasteiger partial charge is 0.456 e. The van der Waals surface area contributed by atoms with Gasteiger partial charge >= 0.3 is 5.63 Å². The summed E-state index contributed by atoms with van der Waals surface area (Å²) in [7, 11) is 0. The molecule has 3 rings (SSSR count). The topological polar surface area (TPSA) is 130 Å². The second-order valence-corrected chi connectivity index (χ2v) is 5.49. The summed E-state index contributed by atoms with van der Waals surface area (Å²) in [5.74, 6) is -3.52. The molecule has 0 aliphatic carbocycles. The average molecular weight is 360 g/mol. The Morgan fingerprint density at radius 3 is 2.52 bits per heavy atom. The van der Waals surface area contributed by atoms with Gasteiger partial charge in [0.25, 0.3) is 0 Å². The lowest BCUT2D eigenvalue weighted by Gasteiger charge is -2.39. The summed E-state index contributed by atoms with van der Waals surface area (Å²) in [6.45, 7) is -0.734. The molecular weight excluding hydrogens is 346 g/mol. The number of fused-ring (bicyclic) bond motifs is 1. The van der Waals surface area contributed by atoms with E-state index in [2.05, 4.69) is 4.42 Å². The molecule has 4 N–H and O–H groups in total. The SMILES string of the molecule is O=c1ccc2cc(F)c(O[C@@H]3O[C@H](CO)[C@H](O)[C@H](O)[C@H]3O)c(F)c2o1. The van der Waals surface area contributed by atoms with Crippen molar-refractivity contribution in [2.75, 3.05) is 6.61 Å². The Balaban J connectivity index is 1.98. The summed E-state index contributed by atoms with van der Waals surface area (Å²) in [6, 6.07) is 2.99. The Hall–Kier alpha value is -2.11. The summed E-state index contributed by atoms with van der Waals surface area (Å²) in [5, 5.41) is 38.3. The first-order valence-corrected chi connectivity index (χ1v) is 7.22. The summed E-state index contributed by atoms with van der Waals surface area (Å²) in [6.07, 6.45) is -8.37. The van der Waals surface area contributed by atoms with E-state index < -0.39 is 65.9 Å². The number of halogens is 2. The lowest BCUT2D eigenvalue weighted by Crippen LogP contribution is -2.60. The van der Waals surface area contributed by atoms with E-state index in [9.17, 15) is 28.9 Å². The molecule has 25 heavy (non-hydrogen) atoms. The standard InChI is InChI=1S/C15H14F2O8/c16-6-3-5-1-2-8(19)24-13(5)9(17)14(6)25-15-12(22)11(21)10(20)7(4-18)23-15/h1-3,7,10-12,15,18,20-22H,4H2/t7-,10+,11+,12-,15+/m1/s1. The lowest BCUT2D eigenvalue weighted by atomic mass is 9.99. The molecule has 8 nitrogen and oxygen atoms in total. The number of rotatable bonds is 3. The van der Waals surface area contributed by atoms with Gasteiger partial charge in [-0.15, -0.1) is 0 Å². The first kappa shape index (κ1) is 17.7. The molecule has 136 valence electrons. The smallest absolute Gasteiger partial charge is 0.336 e. The first-order chi connectivity index (χ1) is 11.8. The molecule has 2 heterocycles. The van der Waals surface area contributed by atoms with Gasteiger partial charge in [-0.1, -0.05) is 0 Å². The Morgan fingerprint density at radius 1 is 1.12 bits per heavy atom. The molecule has 0 unspecified atom stereocenters. The number of hydrogen-bond acceptors (Lipinski definition) is 8. The number of hydrogen-bond donors (Lipinski definition) is 4. The van der Waals surface area contributed by atoms with E-state index in [1.165, 1.54) is 0 Å². The molecule has 1 aromatic heterocycles. The quantitative estimate of drug-likeness (QED) is 0.526. The number of ether oxygens (including phenoxy) is 2. The highest BCUT2D eigenvalue weighted by molar-refractivity contribution is 5.78. The lowest BCUT2D eigenvalue weighted by molar-refractivity contribution is -0.278. The minimum atomic E-state index is -1.85. The molecule has 1 saturated heterocycles. The Morgan fingerprint density at radius 2 is 1.84 bits per heavy atom. The van der Waals surface area contributed by atoms with Crippen LogP contribution in [0.3, 0.4) is 0 Å². The fourth-order valence-electron chi connectivity index (χ4n) is 2.51. The Bertz CT molecular complexity index is 836. The van der Waals surface area contributed by atoms with Crippen LogP contribution in [0, 0.1) is 11.6 Å². The van der Waals surface area contributed by atoms with Gasteiger partial charge in [-0.25, -0.2) is 9.18 Å². The van der Waals surface area contributed by atoms with E-state index in [0.29, 0.717) is 0 Å². The van der Waals surface area contributed by atoms with Crippen LogP contribution in [0.25, 0.3) is 11.0 Å². The number of aliphatic hydroxyl groups excluding tert-OH is 4. The molecule has 1 aliphatic rings. The van der Waals surface area contributed by atoms with Gasteiger partial charge in [0.05, 0.1) is 6.61 Å². The molecule has 0 radical (unpaired) electrons. The van der Waals surface area contributed by atoms with E-state index in [4.69, 9.17) is 14.6 Å². The highest BCUT2D eigenvalue weighted by Gasteiger charge is 2.45. The van der Waals surface area contributed by atoms with Gasteiger partial charge in [0.15, 0.2) is 17.1 Å². The highest BCUT2D eigenvalue weighted by atomic mass is 19.1. The van der Waals surface area contributed by atoms with Crippen molar-refractivity contribution >= 4 is 11.0 Å². The third kappa shape index (κ3) is 3.10. The third-order valence-electron chi connectivity index (χ3n) is 3.84. The van der Waals surface area contributed by atoms with Gasteiger partial charge in [-0.3, -0.25) is 0 Å². The summed E-state index contributed by atoms with van der Waals surface area (Å²) in [4.78, 5) is 11.2. The molecule has 0 spiro atoms. The molecule has 2 aromatic rings. The first-order valence-electron chi connectivity index (χ1n) is 7.22. The summed E-state index contributed by atoms with van der Waals surface area (Å²) in [5.41, 5.74) is -1.43. The monoisotopic (exact) mass is 360 g/mol. The highest BCUT2D eigenvalue weighted by Crippen LogP contribution is 2.32. The Labute approximate surface area is 138 Å². The molecule has 1 fully saturated rings. The van der Waals surface area contributed by atoms with Crippen molar-refractivity contribution in [3.63, 3.8) is 0 Å². The zero-order chi connectivity index (χ0) is 18.3. The van der Waals surface area contributed by atoms with Crippen molar-refractivity contribution in [2.45, 2.75) is 30.7 Å². The van der Waals surface area contributed by atoms with Crippen LogP contribution >= 0.6 is 0 Å². The van der Waals surface area contributed by atoms with Crippen molar-refractivity contribution in [1.82, 2.24) is 0 Å². The fraction of sp³-hybridized carbons (Fsp3) is 0.400. The predicted molar refractivity (Wildman–Crippen MR) is 76.8 cm³/mol. The second kappa shape index (κ2) is 6.65. The van der Waals surface area contributed by atoms with Gasteiger partial charge in [0.1, 0.15) is 24.4 Å². The van der Waals surface area contributed by atoms with Crippen LogP contribution in [0.5, 0.6) is 5.75 Å². The van der Waals surface area contributed by atoms with Gasteiger partial charge in [0, 0.05) is 11.5 Å². The summed E-state index contributed by atoms with van der Waals surface area (Å²) >= 11 is 0. The van der Waals surface area contributed by atoms with Crippen molar-refractivity contribution in [3.05, 3.63) is 40.3 Å². The molecule has 0 saturated carbocycles. The molecular formula is C15H14F2O8. The zero-order valence-corrected chi connectivity index (χ0v) is 12.5. The second-order valence-electron chi connectivity index (χ2n) is 5.49. The fourth-order valence-corrected chi connectivity index (χ4v) is 2.51. The van der Waals surface area contributed by atoms with Crippen LogP contribution in [0.2, 0.25) is 0 Å². The van der Waals surface area contributed by atoms with E-state index in [1.54, 1.807) is 0 Å². The molecule has 0 bridgehead atoms. The maximum Gasteiger partial charge on any atom is 0.336 e. The van der Waals surface area contributed by atoms with Crippen LogP contribution in [-0.4, -0.2) is 57.7 Å².